The van der Waals surface area contributed by atoms with Gasteiger partial charge in [-0.2, -0.15) is 0 Å². The van der Waals surface area contributed by atoms with Gasteiger partial charge < -0.3 is 15.0 Å². The molecule has 0 saturated carbocycles. The van der Waals surface area contributed by atoms with E-state index in [1.807, 2.05) is 109 Å². The molecule has 202 valence electrons. The quantitative estimate of drug-likeness (QED) is 0.238. The molecule has 2 heterocycles. The average Bonchev–Trinajstić information content (AvgIpc) is 3.45. The van der Waals surface area contributed by atoms with Crippen molar-refractivity contribution in [1.29, 1.82) is 0 Å². The van der Waals surface area contributed by atoms with Crippen LogP contribution in [0, 0.1) is 0 Å². The number of pyridine rings is 1. The van der Waals surface area contributed by atoms with Crippen LogP contribution < -0.4 is 15.0 Å². The number of anilines is 2. The van der Waals surface area contributed by atoms with Gasteiger partial charge in [-0.25, -0.2) is 0 Å². The predicted octanol–water partition coefficient (Wildman–Crippen LogP) is 6.71. The van der Waals surface area contributed by atoms with E-state index in [0.717, 1.165) is 40.1 Å². The second kappa shape index (κ2) is 11.9. The Balaban J connectivity index is 1.21. The Hall–Kier alpha value is -5.23. The van der Waals surface area contributed by atoms with Crippen LogP contribution in [0.15, 0.2) is 121 Å². The molecule has 6 rings (SSSR count). The van der Waals surface area contributed by atoms with Crippen LogP contribution >= 0.6 is 0 Å². The minimum Gasteiger partial charge on any atom is -0.489 e. The fraction of sp³-hybridized carbons (Fsp3) is 0.114. The number of amides is 2. The fourth-order valence-electron chi connectivity index (χ4n) is 5.10. The number of benzene rings is 4. The zero-order valence-electron chi connectivity index (χ0n) is 22.5. The molecule has 2 amide bonds. The predicted molar refractivity (Wildman–Crippen MR) is 161 cm³/mol. The van der Waals surface area contributed by atoms with E-state index in [9.17, 15) is 9.59 Å². The van der Waals surface area contributed by atoms with Crippen LogP contribution in [0.3, 0.4) is 0 Å². The summed E-state index contributed by atoms with van der Waals surface area (Å²) < 4.78 is 6.04. The molecule has 1 aliphatic heterocycles. The van der Waals surface area contributed by atoms with Gasteiger partial charge in [0, 0.05) is 29.8 Å². The maximum atomic E-state index is 13.7. The van der Waals surface area contributed by atoms with Gasteiger partial charge in [-0.05, 0) is 77.2 Å². The van der Waals surface area contributed by atoms with Crippen LogP contribution in [0.2, 0.25) is 0 Å². The van der Waals surface area contributed by atoms with Crippen molar-refractivity contribution in [2.45, 2.75) is 19.4 Å². The highest BCUT2D eigenvalue weighted by Crippen LogP contribution is 2.32. The molecule has 0 bridgehead atoms. The molecular weight excluding hydrogens is 510 g/mol. The highest BCUT2D eigenvalue weighted by molar-refractivity contribution is 6.09. The number of rotatable bonds is 8. The Bertz CT molecular complexity index is 1670. The summed E-state index contributed by atoms with van der Waals surface area (Å²) in [6, 6.07) is 36.7. The molecule has 4 aromatic carbocycles. The summed E-state index contributed by atoms with van der Waals surface area (Å²) in [5.41, 5.74) is 6.68. The zero-order chi connectivity index (χ0) is 28.0. The van der Waals surface area contributed by atoms with Gasteiger partial charge in [0.25, 0.3) is 5.91 Å². The summed E-state index contributed by atoms with van der Waals surface area (Å²) in [6.45, 7) is 1.02. The number of hydrogen-bond acceptors (Lipinski definition) is 4. The molecule has 1 N–H and O–H groups in total. The number of carbonyl (C=O) groups is 2. The largest absolute Gasteiger partial charge is 0.489 e. The highest BCUT2D eigenvalue weighted by atomic mass is 16.5. The molecule has 0 unspecified atom stereocenters. The van der Waals surface area contributed by atoms with Crippen LogP contribution in [-0.4, -0.2) is 23.3 Å². The Morgan fingerprint density at radius 1 is 0.829 bits per heavy atom. The van der Waals surface area contributed by atoms with E-state index in [-0.39, 0.29) is 18.2 Å². The van der Waals surface area contributed by atoms with Gasteiger partial charge in [-0.15, -0.1) is 0 Å². The SMILES string of the molecule is O=C(Nc1ccc2c(c1)CCN2C(=O)Cc1ccccn1)c1cc(OCc2ccccc2)ccc1-c1ccccc1. The second-order valence-electron chi connectivity index (χ2n) is 9.94. The van der Waals surface area contributed by atoms with E-state index in [4.69, 9.17) is 4.74 Å². The topological polar surface area (TPSA) is 71.5 Å². The standard InChI is InChI=1S/C35H29N3O3/c39-34(22-28-13-7-8-19-36-28)38-20-18-27-21-29(14-17-33(27)38)37-35(40)32-23-30(41-24-25-9-3-1-4-10-25)15-16-31(32)26-11-5-2-6-12-26/h1-17,19,21,23H,18,20,22,24H2,(H,37,40). The summed E-state index contributed by atoms with van der Waals surface area (Å²) in [5, 5.41) is 3.08. The third-order valence-corrected chi connectivity index (χ3v) is 7.16. The lowest BCUT2D eigenvalue weighted by Crippen LogP contribution is -2.30. The summed E-state index contributed by atoms with van der Waals surface area (Å²) in [5.74, 6) is 0.406. The first-order valence-corrected chi connectivity index (χ1v) is 13.6. The molecule has 1 aromatic heterocycles. The Morgan fingerprint density at radius 3 is 2.39 bits per heavy atom. The van der Waals surface area contributed by atoms with Crippen molar-refractivity contribution >= 4 is 23.2 Å². The maximum absolute atomic E-state index is 13.7. The molecular formula is C35H29N3O3. The number of nitrogens with zero attached hydrogens (tertiary/aromatic N) is 2. The third-order valence-electron chi connectivity index (χ3n) is 7.16. The summed E-state index contributed by atoms with van der Waals surface area (Å²) in [7, 11) is 0. The molecule has 0 atom stereocenters. The lowest BCUT2D eigenvalue weighted by Gasteiger charge is -2.18. The van der Waals surface area contributed by atoms with Crippen molar-refractivity contribution in [2.24, 2.45) is 0 Å². The molecule has 0 radical (unpaired) electrons. The number of aromatic nitrogens is 1. The maximum Gasteiger partial charge on any atom is 0.256 e. The molecule has 0 spiro atoms. The number of carbonyl (C=O) groups excluding carboxylic acids is 2. The van der Waals surface area contributed by atoms with Crippen molar-refractivity contribution in [3.63, 3.8) is 0 Å². The monoisotopic (exact) mass is 539 g/mol. The molecule has 0 saturated heterocycles. The number of ether oxygens (including phenoxy) is 1. The molecule has 5 aromatic rings. The summed E-state index contributed by atoms with van der Waals surface area (Å²) in [4.78, 5) is 32.7. The highest BCUT2D eigenvalue weighted by Gasteiger charge is 2.25. The Kier molecular flexibility index (Phi) is 7.54. The van der Waals surface area contributed by atoms with Crippen molar-refractivity contribution in [2.75, 3.05) is 16.8 Å². The van der Waals surface area contributed by atoms with Gasteiger partial charge in [-0.1, -0.05) is 66.7 Å². The minimum absolute atomic E-state index is 0.0130. The number of fused-ring (bicyclic) bond motifs is 1. The van der Waals surface area contributed by atoms with Gasteiger partial charge in [0.15, 0.2) is 0 Å². The van der Waals surface area contributed by atoms with E-state index >= 15 is 0 Å². The first-order chi connectivity index (χ1) is 20.1. The van der Waals surface area contributed by atoms with E-state index in [1.165, 1.54) is 0 Å². The van der Waals surface area contributed by atoms with Gasteiger partial charge in [0.2, 0.25) is 5.91 Å². The van der Waals surface area contributed by atoms with Crippen LogP contribution in [0.4, 0.5) is 11.4 Å². The van der Waals surface area contributed by atoms with Gasteiger partial charge in [-0.3, -0.25) is 14.6 Å². The minimum atomic E-state index is -0.227. The molecule has 0 aliphatic carbocycles. The zero-order valence-corrected chi connectivity index (χ0v) is 22.5. The number of hydrogen-bond donors (Lipinski definition) is 1. The van der Waals surface area contributed by atoms with Crippen molar-refractivity contribution < 1.29 is 14.3 Å². The van der Waals surface area contributed by atoms with E-state index in [1.54, 1.807) is 17.2 Å². The Labute approximate surface area is 239 Å². The summed E-state index contributed by atoms with van der Waals surface area (Å²) in [6.07, 6.45) is 2.68. The number of nitrogens with one attached hydrogen (secondary N) is 1. The van der Waals surface area contributed by atoms with E-state index < -0.39 is 0 Å². The second-order valence-corrected chi connectivity index (χ2v) is 9.94. The van der Waals surface area contributed by atoms with Crippen molar-refractivity contribution in [3.8, 4) is 16.9 Å². The van der Waals surface area contributed by atoms with E-state index in [0.29, 0.717) is 30.2 Å². The lowest BCUT2D eigenvalue weighted by atomic mass is 9.98. The van der Waals surface area contributed by atoms with Gasteiger partial charge in [0.05, 0.1) is 12.0 Å². The van der Waals surface area contributed by atoms with Crippen LogP contribution in [-0.2, 0) is 24.2 Å². The fourth-order valence-corrected chi connectivity index (χ4v) is 5.10. The van der Waals surface area contributed by atoms with Crippen molar-refractivity contribution in [1.82, 2.24) is 4.98 Å². The van der Waals surface area contributed by atoms with Crippen LogP contribution in [0.25, 0.3) is 11.1 Å². The first kappa shape index (κ1) is 26.0. The molecule has 1 aliphatic rings. The van der Waals surface area contributed by atoms with Gasteiger partial charge >= 0.3 is 0 Å². The molecule has 6 nitrogen and oxygen atoms in total. The summed E-state index contributed by atoms with van der Waals surface area (Å²) >= 11 is 0. The molecule has 6 heteroatoms. The lowest BCUT2D eigenvalue weighted by molar-refractivity contribution is -0.117. The normalized spacial score (nSPS) is 12.0. The van der Waals surface area contributed by atoms with Crippen molar-refractivity contribution in [3.05, 3.63) is 144 Å². The third kappa shape index (κ3) is 6.02. The average molecular weight is 540 g/mol. The molecule has 41 heavy (non-hydrogen) atoms. The van der Waals surface area contributed by atoms with E-state index in [2.05, 4.69) is 10.3 Å². The van der Waals surface area contributed by atoms with Crippen LogP contribution in [0.5, 0.6) is 5.75 Å². The first-order valence-electron chi connectivity index (χ1n) is 13.6. The molecule has 0 fully saturated rings. The Morgan fingerprint density at radius 2 is 1.61 bits per heavy atom. The van der Waals surface area contributed by atoms with Gasteiger partial charge in [0.1, 0.15) is 12.4 Å². The van der Waals surface area contributed by atoms with Crippen LogP contribution in [0.1, 0.15) is 27.2 Å². The smallest absolute Gasteiger partial charge is 0.256 e.